The number of aromatic nitrogens is 2. The van der Waals surface area contributed by atoms with E-state index in [1.54, 1.807) is 13.8 Å². The van der Waals surface area contributed by atoms with Crippen molar-refractivity contribution in [3.63, 3.8) is 0 Å². The Labute approximate surface area is 89.8 Å². The predicted molar refractivity (Wildman–Crippen MR) is 57.6 cm³/mol. The van der Waals surface area contributed by atoms with Gasteiger partial charge in [0.25, 0.3) is 5.56 Å². The Kier molecular flexibility index (Phi) is 3.43. The van der Waals surface area contributed by atoms with Crippen molar-refractivity contribution in [2.45, 2.75) is 26.5 Å². The summed E-state index contributed by atoms with van der Waals surface area (Å²) in [7, 11) is 0. The van der Waals surface area contributed by atoms with Crippen LogP contribution in [0.3, 0.4) is 0 Å². The SMILES string of the molecule is Cc1ncc(I)c(=O)n1CC(C)O. The summed E-state index contributed by atoms with van der Waals surface area (Å²) in [4.78, 5) is 15.6. The highest BCUT2D eigenvalue weighted by molar-refractivity contribution is 14.1. The van der Waals surface area contributed by atoms with Gasteiger partial charge in [0.15, 0.2) is 0 Å². The quantitative estimate of drug-likeness (QED) is 0.810. The van der Waals surface area contributed by atoms with Crippen molar-refractivity contribution in [1.82, 2.24) is 9.55 Å². The Bertz CT molecular complexity index is 360. The van der Waals surface area contributed by atoms with Gasteiger partial charge >= 0.3 is 0 Å². The summed E-state index contributed by atoms with van der Waals surface area (Å²) < 4.78 is 2.05. The molecule has 0 radical (unpaired) electrons. The third-order valence-corrected chi connectivity index (χ3v) is 2.39. The predicted octanol–water partition coefficient (Wildman–Crippen LogP) is 0.537. The summed E-state index contributed by atoms with van der Waals surface area (Å²) >= 11 is 1.94. The van der Waals surface area contributed by atoms with Crippen molar-refractivity contribution in [3.05, 3.63) is 25.9 Å². The first-order chi connectivity index (χ1) is 6.02. The molecule has 0 amide bonds. The van der Waals surface area contributed by atoms with Gasteiger partial charge in [-0.15, -0.1) is 0 Å². The molecule has 0 spiro atoms. The number of hydrogen-bond donors (Lipinski definition) is 1. The maximum Gasteiger partial charge on any atom is 0.267 e. The van der Waals surface area contributed by atoms with E-state index in [0.29, 0.717) is 15.9 Å². The zero-order valence-electron chi connectivity index (χ0n) is 7.49. The van der Waals surface area contributed by atoms with E-state index in [0.717, 1.165) is 0 Å². The summed E-state index contributed by atoms with van der Waals surface area (Å²) in [6.45, 7) is 3.69. The Morgan fingerprint density at radius 3 is 2.92 bits per heavy atom. The summed E-state index contributed by atoms with van der Waals surface area (Å²) in [6.07, 6.45) is 1.01. The molecule has 0 bridgehead atoms. The molecule has 5 heteroatoms. The van der Waals surface area contributed by atoms with Crippen molar-refractivity contribution >= 4 is 22.6 Å². The molecule has 1 heterocycles. The van der Waals surface area contributed by atoms with Crippen LogP contribution in [0.5, 0.6) is 0 Å². The average Bonchev–Trinajstić information content (AvgIpc) is 2.05. The highest BCUT2D eigenvalue weighted by Crippen LogP contribution is 1.98. The van der Waals surface area contributed by atoms with Crippen LogP contribution in [-0.4, -0.2) is 20.8 Å². The van der Waals surface area contributed by atoms with Crippen LogP contribution in [-0.2, 0) is 6.54 Å². The smallest absolute Gasteiger partial charge is 0.267 e. The Balaban J connectivity index is 3.18. The Hall–Kier alpha value is -0.430. The largest absolute Gasteiger partial charge is 0.392 e. The summed E-state index contributed by atoms with van der Waals surface area (Å²) in [5.41, 5.74) is -0.0889. The molecule has 0 saturated carbocycles. The maximum atomic E-state index is 11.5. The van der Waals surface area contributed by atoms with Gasteiger partial charge in [-0.25, -0.2) is 4.98 Å². The first kappa shape index (κ1) is 10.6. The minimum absolute atomic E-state index is 0.0889. The molecule has 1 aromatic rings. The van der Waals surface area contributed by atoms with Crippen molar-refractivity contribution in [2.75, 3.05) is 0 Å². The van der Waals surface area contributed by atoms with Crippen LogP contribution < -0.4 is 5.56 Å². The molecule has 0 aromatic carbocycles. The van der Waals surface area contributed by atoms with Crippen LogP contribution in [0.15, 0.2) is 11.0 Å². The van der Waals surface area contributed by atoms with E-state index in [9.17, 15) is 4.79 Å². The van der Waals surface area contributed by atoms with Crippen LogP contribution in [0.2, 0.25) is 0 Å². The van der Waals surface area contributed by atoms with Gasteiger partial charge in [-0.1, -0.05) is 0 Å². The number of aliphatic hydroxyl groups excluding tert-OH is 1. The molecule has 0 fully saturated rings. The highest BCUT2D eigenvalue weighted by Gasteiger charge is 2.06. The standard InChI is InChI=1S/C8H11IN2O2/c1-5(12)4-11-6(2)10-3-7(9)8(11)13/h3,5,12H,4H2,1-2H3. The molecule has 72 valence electrons. The number of hydrogen-bond acceptors (Lipinski definition) is 3. The molecular formula is C8H11IN2O2. The number of aryl methyl sites for hydroxylation is 1. The second-order valence-corrected chi connectivity index (χ2v) is 4.08. The van der Waals surface area contributed by atoms with Gasteiger partial charge in [-0.05, 0) is 36.4 Å². The molecule has 0 saturated heterocycles. The van der Waals surface area contributed by atoms with E-state index in [1.807, 2.05) is 22.6 Å². The highest BCUT2D eigenvalue weighted by atomic mass is 127. The van der Waals surface area contributed by atoms with Crippen LogP contribution in [0.1, 0.15) is 12.7 Å². The Morgan fingerprint density at radius 1 is 1.77 bits per heavy atom. The lowest BCUT2D eigenvalue weighted by Crippen LogP contribution is -2.29. The molecule has 0 aliphatic carbocycles. The van der Waals surface area contributed by atoms with Crippen molar-refractivity contribution in [2.24, 2.45) is 0 Å². The normalized spacial score (nSPS) is 12.9. The van der Waals surface area contributed by atoms with Gasteiger partial charge in [0.2, 0.25) is 0 Å². The third-order valence-electron chi connectivity index (χ3n) is 1.65. The van der Waals surface area contributed by atoms with E-state index in [2.05, 4.69) is 4.98 Å². The summed E-state index contributed by atoms with van der Waals surface area (Å²) in [5, 5.41) is 9.16. The van der Waals surface area contributed by atoms with Crippen LogP contribution >= 0.6 is 22.6 Å². The van der Waals surface area contributed by atoms with Gasteiger partial charge in [0.05, 0.1) is 16.2 Å². The van der Waals surface area contributed by atoms with Gasteiger partial charge in [-0.3, -0.25) is 9.36 Å². The molecule has 1 aromatic heterocycles. The molecule has 0 aliphatic heterocycles. The van der Waals surface area contributed by atoms with Gasteiger partial charge < -0.3 is 5.11 Å². The molecule has 0 aliphatic rings. The zero-order valence-corrected chi connectivity index (χ0v) is 9.65. The molecule has 1 atom stereocenters. The molecule has 1 rings (SSSR count). The molecule has 1 unspecified atom stereocenters. The van der Waals surface area contributed by atoms with Crippen LogP contribution in [0.25, 0.3) is 0 Å². The molecular weight excluding hydrogens is 283 g/mol. The zero-order chi connectivity index (χ0) is 10.0. The van der Waals surface area contributed by atoms with E-state index < -0.39 is 6.10 Å². The molecule has 4 nitrogen and oxygen atoms in total. The lowest BCUT2D eigenvalue weighted by atomic mass is 10.4. The first-order valence-electron chi connectivity index (χ1n) is 3.92. The van der Waals surface area contributed by atoms with Crippen molar-refractivity contribution < 1.29 is 5.11 Å². The van der Waals surface area contributed by atoms with Crippen molar-refractivity contribution in [1.29, 1.82) is 0 Å². The number of halogens is 1. The average molecular weight is 294 g/mol. The fraction of sp³-hybridized carbons (Fsp3) is 0.500. The lowest BCUT2D eigenvalue weighted by molar-refractivity contribution is 0.170. The van der Waals surface area contributed by atoms with E-state index in [1.165, 1.54) is 10.8 Å². The first-order valence-corrected chi connectivity index (χ1v) is 5.00. The minimum atomic E-state index is -0.531. The summed E-state index contributed by atoms with van der Waals surface area (Å²) in [6, 6.07) is 0. The van der Waals surface area contributed by atoms with Crippen LogP contribution in [0.4, 0.5) is 0 Å². The number of aliphatic hydroxyl groups is 1. The molecule has 1 N–H and O–H groups in total. The molecule has 13 heavy (non-hydrogen) atoms. The monoisotopic (exact) mass is 294 g/mol. The maximum absolute atomic E-state index is 11.5. The van der Waals surface area contributed by atoms with E-state index in [-0.39, 0.29) is 5.56 Å². The van der Waals surface area contributed by atoms with Gasteiger partial charge in [-0.2, -0.15) is 0 Å². The fourth-order valence-corrected chi connectivity index (χ4v) is 1.46. The topological polar surface area (TPSA) is 55.1 Å². The Morgan fingerprint density at radius 2 is 2.38 bits per heavy atom. The second-order valence-electron chi connectivity index (χ2n) is 2.92. The van der Waals surface area contributed by atoms with E-state index in [4.69, 9.17) is 5.11 Å². The van der Waals surface area contributed by atoms with Gasteiger partial charge in [0, 0.05) is 6.20 Å². The third kappa shape index (κ3) is 2.50. The number of nitrogens with zero attached hydrogens (tertiary/aromatic N) is 2. The number of rotatable bonds is 2. The van der Waals surface area contributed by atoms with Gasteiger partial charge in [0.1, 0.15) is 5.82 Å². The van der Waals surface area contributed by atoms with E-state index >= 15 is 0 Å². The van der Waals surface area contributed by atoms with Crippen LogP contribution in [0, 0.1) is 10.5 Å². The minimum Gasteiger partial charge on any atom is -0.392 e. The lowest BCUT2D eigenvalue weighted by Gasteiger charge is -2.10. The van der Waals surface area contributed by atoms with Crippen molar-refractivity contribution in [3.8, 4) is 0 Å². The second kappa shape index (κ2) is 4.19. The fourth-order valence-electron chi connectivity index (χ4n) is 1.03. The summed E-state index contributed by atoms with van der Waals surface area (Å²) in [5.74, 6) is 0.631.